The topological polar surface area (TPSA) is 61.8 Å². The van der Waals surface area contributed by atoms with Gasteiger partial charge >= 0.3 is 5.97 Å². The van der Waals surface area contributed by atoms with Crippen LogP contribution in [0.2, 0.25) is 0 Å². The van der Waals surface area contributed by atoms with Crippen molar-refractivity contribution >= 4 is 17.3 Å². The number of nitrogens with zero attached hydrogens (tertiary/aromatic N) is 1. The molecule has 1 aliphatic rings. The molecule has 0 bridgehead atoms. The Bertz CT molecular complexity index is 685. The molecule has 0 amide bonds. The number of benzene rings is 2. The number of nitrogens with one attached hydrogen (secondary N) is 1. The molecule has 0 radical (unpaired) electrons. The van der Waals surface area contributed by atoms with Crippen LogP contribution in [0.5, 0.6) is 0 Å². The molecule has 0 aromatic heterocycles. The van der Waals surface area contributed by atoms with Crippen molar-refractivity contribution in [3.8, 4) is 0 Å². The predicted octanol–water partition coefficient (Wildman–Crippen LogP) is 3.00. The fourth-order valence-corrected chi connectivity index (χ4v) is 3.33. The lowest BCUT2D eigenvalue weighted by Crippen LogP contribution is -2.26. The highest BCUT2D eigenvalue weighted by molar-refractivity contribution is 5.71. The summed E-state index contributed by atoms with van der Waals surface area (Å²) in [4.78, 5) is 12.8. The summed E-state index contributed by atoms with van der Waals surface area (Å²) >= 11 is 0. The van der Waals surface area contributed by atoms with Gasteiger partial charge in [0.25, 0.3) is 0 Å². The molecule has 0 fully saturated rings. The predicted molar refractivity (Wildman–Crippen MR) is 103 cm³/mol. The molecule has 2 aromatic carbocycles. The molecule has 0 saturated carbocycles. The van der Waals surface area contributed by atoms with Crippen LogP contribution in [-0.4, -0.2) is 43.9 Å². The van der Waals surface area contributed by atoms with Gasteiger partial charge in [-0.1, -0.05) is 36.4 Å². The highest BCUT2D eigenvalue weighted by Crippen LogP contribution is 2.35. The number of para-hydroxylation sites is 2. The monoisotopic (exact) mass is 354 g/mol. The highest BCUT2D eigenvalue weighted by Gasteiger charge is 2.19. The van der Waals surface area contributed by atoms with Crippen LogP contribution in [0, 0.1) is 0 Å². The lowest BCUT2D eigenvalue weighted by atomic mass is 10.0. The van der Waals surface area contributed by atoms with E-state index in [2.05, 4.69) is 58.7 Å². The minimum Gasteiger partial charge on any atom is -0.481 e. The first-order valence-corrected chi connectivity index (χ1v) is 9.19. The third kappa shape index (κ3) is 4.84. The Balaban J connectivity index is 1.56. The summed E-state index contributed by atoms with van der Waals surface area (Å²) < 4.78 is 5.76. The minimum atomic E-state index is -0.781. The number of hydrogen-bond donors (Lipinski definition) is 2. The van der Waals surface area contributed by atoms with E-state index in [0.717, 1.165) is 19.4 Å². The van der Waals surface area contributed by atoms with Crippen LogP contribution in [0.1, 0.15) is 17.5 Å². The Hall–Kier alpha value is -2.37. The van der Waals surface area contributed by atoms with Crippen LogP contribution < -0.4 is 10.2 Å². The molecule has 0 aliphatic carbocycles. The molecule has 26 heavy (non-hydrogen) atoms. The molecule has 1 heterocycles. The van der Waals surface area contributed by atoms with E-state index >= 15 is 0 Å². The number of aliphatic carboxylic acids is 1. The Morgan fingerprint density at radius 1 is 0.962 bits per heavy atom. The number of carboxylic acids is 1. The zero-order valence-corrected chi connectivity index (χ0v) is 15.0. The van der Waals surface area contributed by atoms with Crippen molar-refractivity contribution in [2.24, 2.45) is 0 Å². The van der Waals surface area contributed by atoms with Crippen LogP contribution in [0.15, 0.2) is 48.5 Å². The second-order valence-electron chi connectivity index (χ2n) is 6.42. The van der Waals surface area contributed by atoms with Gasteiger partial charge in [-0.25, -0.2) is 0 Å². The second-order valence-corrected chi connectivity index (χ2v) is 6.42. The van der Waals surface area contributed by atoms with Gasteiger partial charge in [0.15, 0.2) is 0 Å². The smallest absolute Gasteiger partial charge is 0.304 e. The first-order chi connectivity index (χ1) is 12.8. The number of carbonyl (C=O) groups is 1. The zero-order valence-electron chi connectivity index (χ0n) is 15.0. The molecule has 0 spiro atoms. The molecule has 2 aromatic rings. The summed E-state index contributed by atoms with van der Waals surface area (Å²) in [6.07, 6.45) is 2.25. The third-order valence-corrected chi connectivity index (χ3v) is 4.63. The fourth-order valence-electron chi connectivity index (χ4n) is 3.33. The van der Waals surface area contributed by atoms with E-state index in [-0.39, 0.29) is 6.42 Å². The summed E-state index contributed by atoms with van der Waals surface area (Å²) in [5.41, 5.74) is 5.28. The zero-order chi connectivity index (χ0) is 18.2. The maximum absolute atomic E-state index is 10.5. The van der Waals surface area contributed by atoms with E-state index in [4.69, 9.17) is 9.84 Å². The quantitative estimate of drug-likeness (QED) is 0.678. The van der Waals surface area contributed by atoms with Crippen LogP contribution in [0.4, 0.5) is 11.4 Å². The molecule has 0 atom stereocenters. The van der Waals surface area contributed by atoms with Gasteiger partial charge in [-0.2, -0.15) is 0 Å². The summed E-state index contributed by atoms with van der Waals surface area (Å²) in [5, 5.41) is 11.7. The van der Waals surface area contributed by atoms with Crippen LogP contribution >= 0.6 is 0 Å². The molecular weight excluding hydrogens is 328 g/mol. The van der Waals surface area contributed by atoms with Crippen molar-refractivity contribution < 1.29 is 14.6 Å². The van der Waals surface area contributed by atoms with Crippen LogP contribution in [0.3, 0.4) is 0 Å². The van der Waals surface area contributed by atoms with Gasteiger partial charge in [0.05, 0.1) is 19.6 Å². The van der Waals surface area contributed by atoms with Crippen molar-refractivity contribution in [1.29, 1.82) is 0 Å². The number of fused-ring (bicyclic) bond motifs is 2. The Kier molecular flexibility index (Phi) is 6.63. The molecule has 3 rings (SSSR count). The van der Waals surface area contributed by atoms with Gasteiger partial charge in [0.1, 0.15) is 0 Å². The molecule has 5 heteroatoms. The van der Waals surface area contributed by atoms with E-state index < -0.39 is 5.97 Å². The van der Waals surface area contributed by atoms with Gasteiger partial charge in [-0.15, -0.1) is 0 Å². The molecule has 0 unspecified atom stereocenters. The lowest BCUT2D eigenvalue weighted by Gasteiger charge is -2.27. The molecule has 138 valence electrons. The maximum Gasteiger partial charge on any atom is 0.304 e. The van der Waals surface area contributed by atoms with Gasteiger partial charge in [0.2, 0.25) is 0 Å². The number of anilines is 2. The van der Waals surface area contributed by atoms with Crippen molar-refractivity contribution in [2.45, 2.75) is 19.3 Å². The third-order valence-electron chi connectivity index (χ3n) is 4.63. The molecular formula is C21H26N2O3. The molecule has 5 nitrogen and oxygen atoms in total. The largest absolute Gasteiger partial charge is 0.481 e. The average Bonchev–Trinajstić information content (AvgIpc) is 2.81. The summed E-state index contributed by atoms with van der Waals surface area (Å²) in [7, 11) is 0. The van der Waals surface area contributed by atoms with E-state index in [1.807, 2.05) is 0 Å². The number of carboxylic acid groups (broad SMARTS) is 1. The molecule has 0 saturated heterocycles. The van der Waals surface area contributed by atoms with Crippen LogP contribution in [0.25, 0.3) is 0 Å². The number of ether oxygens (including phenoxy) is 1. The van der Waals surface area contributed by atoms with Gasteiger partial charge in [0, 0.05) is 31.0 Å². The van der Waals surface area contributed by atoms with Crippen molar-refractivity contribution in [3.63, 3.8) is 0 Å². The second kappa shape index (κ2) is 9.36. The van der Waals surface area contributed by atoms with Gasteiger partial charge in [-0.05, 0) is 36.1 Å². The fraction of sp³-hybridized carbons (Fsp3) is 0.381. The lowest BCUT2D eigenvalue weighted by molar-refractivity contribution is -0.136. The Morgan fingerprint density at radius 3 is 2.19 bits per heavy atom. The van der Waals surface area contributed by atoms with Gasteiger partial charge in [-0.3, -0.25) is 4.79 Å². The normalized spacial score (nSPS) is 13.0. The van der Waals surface area contributed by atoms with E-state index in [1.165, 1.54) is 22.5 Å². The SMILES string of the molecule is O=C(O)CCNCCOCCN1c2ccccc2CCc2ccccc21. The van der Waals surface area contributed by atoms with Gasteiger partial charge < -0.3 is 20.1 Å². The highest BCUT2D eigenvalue weighted by atomic mass is 16.5. The molecule has 1 aliphatic heterocycles. The standard InChI is InChI=1S/C21H26N2O3/c24-21(25)11-12-22-13-15-26-16-14-23-19-7-3-1-5-17(19)9-10-18-6-2-4-8-20(18)23/h1-8,22H,9-16H2,(H,24,25). The van der Waals surface area contributed by atoms with Crippen molar-refractivity contribution in [2.75, 3.05) is 37.7 Å². The van der Waals surface area contributed by atoms with Crippen molar-refractivity contribution in [1.82, 2.24) is 5.32 Å². The Labute approximate surface area is 154 Å². The summed E-state index contributed by atoms with van der Waals surface area (Å²) in [5.74, 6) is -0.781. The summed E-state index contributed by atoms with van der Waals surface area (Å²) in [6, 6.07) is 17.2. The van der Waals surface area contributed by atoms with E-state index in [0.29, 0.717) is 26.3 Å². The number of hydrogen-bond acceptors (Lipinski definition) is 4. The molecule has 2 N–H and O–H groups in total. The minimum absolute atomic E-state index is 0.140. The first-order valence-electron chi connectivity index (χ1n) is 9.19. The number of rotatable bonds is 9. The van der Waals surface area contributed by atoms with Crippen molar-refractivity contribution in [3.05, 3.63) is 59.7 Å². The number of aryl methyl sites for hydroxylation is 2. The van der Waals surface area contributed by atoms with E-state index in [9.17, 15) is 4.79 Å². The average molecular weight is 354 g/mol. The van der Waals surface area contributed by atoms with E-state index in [1.54, 1.807) is 0 Å². The first kappa shape index (κ1) is 18.4. The van der Waals surface area contributed by atoms with Crippen LogP contribution in [-0.2, 0) is 22.4 Å². The Morgan fingerprint density at radius 2 is 1.58 bits per heavy atom. The maximum atomic E-state index is 10.5. The summed E-state index contributed by atoms with van der Waals surface area (Å²) in [6.45, 7) is 3.15.